The van der Waals surface area contributed by atoms with Crippen LogP contribution in [0.3, 0.4) is 0 Å². The van der Waals surface area contributed by atoms with Gasteiger partial charge in [-0.15, -0.1) is 0 Å². The zero-order chi connectivity index (χ0) is 16.3. The molecular weight excluding hydrogens is 290 g/mol. The van der Waals surface area contributed by atoms with Crippen LogP contribution in [-0.4, -0.2) is 50.7 Å². The van der Waals surface area contributed by atoms with Crippen molar-refractivity contribution in [2.75, 3.05) is 19.3 Å². The molecule has 1 amide bonds. The number of hydrogen-bond acceptors (Lipinski definition) is 4. The van der Waals surface area contributed by atoms with Crippen molar-refractivity contribution in [1.29, 1.82) is 0 Å². The maximum absolute atomic E-state index is 12.6. The third-order valence-electron chi connectivity index (χ3n) is 3.95. The number of sulfonamides is 1. The Morgan fingerprint density at radius 1 is 1.38 bits per heavy atom. The molecule has 0 aromatic rings. The SMILES string of the molecule is CC(C)(C)[C@@H](N)C(=O)N1CCCCC1CCNS(C)(=O)=O. The highest BCUT2D eigenvalue weighted by atomic mass is 32.2. The second-order valence-electron chi connectivity index (χ2n) is 6.98. The van der Waals surface area contributed by atoms with Gasteiger partial charge in [0.1, 0.15) is 0 Å². The molecule has 1 aliphatic rings. The van der Waals surface area contributed by atoms with Crippen molar-refractivity contribution in [2.24, 2.45) is 11.1 Å². The van der Waals surface area contributed by atoms with Gasteiger partial charge in [-0.2, -0.15) is 0 Å². The first-order valence-electron chi connectivity index (χ1n) is 7.53. The minimum Gasteiger partial charge on any atom is -0.338 e. The van der Waals surface area contributed by atoms with Crippen molar-refractivity contribution >= 4 is 15.9 Å². The number of hydrogen-bond donors (Lipinski definition) is 2. The van der Waals surface area contributed by atoms with Gasteiger partial charge >= 0.3 is 0 Å². The number of amides is 1. The highest BCUT2D eigenvalue weighted by Crippen LogP contribution is 2.25. The maximum Gasteiger partial charge on any atom is 0.240 e. The molecule has 0 aromatic carbocycles. The Hall–Kier alpha value is -0.660. The van der Waals surface area contributed by atoms with E-state index in [1.807, 2.05) is 25.7 Å². The van der Waals surface area contributed by atoms with E-state index in [2.05, 4.69) is 4.72 Å². The molecule has 0 radical (unpaired) electrons. The third-order valence-corrected chi connectivity index (χ3v) is 4.68. The Bertz CT molecular complexity index is 457. The normalized spacial score (nSPS) is 22.1. The first-order valence-corrected chi connectivity index (χ1v) is 9.42. The van der Waals surface area contributed by atoms with Crippen LogP contribution in [0.25, 0.3) is 0 Å². The van der Waals surface area contributed by atoms with Crippen molar-refractivity contribution in [2.45, 2.75) is 58.5 Å². The van der Waals surface area contributed by atoms with Crippen molar-refractivity contribution in [3.63, 3.8) is 0 Å². The van der Waals surface area contributed by atoms with Crippen LogP contribution in [0.4, 0.5) is 0 Å². The second kappa shape index (κ2) is 7.07. The molecule has 0 spiro atoms. The van der Waals surface area contributed by atoms with Crippen LogP contribution in [0.1, 0.15) is 46.5 Å². The molecule has 6 nitrogen and oxygen atoms in total. The topological polar surface area (TPSA) is 92.5 Å². The molecule has 124 valence electrons. The van der Waals surface area contributed by atoms with Gasteiger partial charge in [0.05, 0.1) is 12.3 Å². The van der Waals surface area contributed by atoms with Crippen LogP contribution < -0.4 is 10.5 Å². The number of carbonyl (C=O) groups excluding carboxylic acids is 1. The summed E-state index contributed by atoms with van der Waals surface area (Å²) in [6, 6.07) is -0.449. The molecule has 3 N–H and O–H groups in total. The molecule has 0 bridgehead atoms. The van der Waals surface area contributed by atoms with Gasteiger partial charge in [-0.25, -0.2) is 13.1 Å². The molecule has 1 fully saturated rings. The average molecular weight is 319 g/mol. The Labute approximate surface area is 128 Å². The van der Waals surface area contributed by atoms with E-state index in [1.165, 1.54) is 0 Å². The monoisotopic (exact) mass is 319 g/mol. The van der Waals surface area contributed by atoms with Crippen LogP contribution in [0, 0.1) is 5.41 Å². The van der Waals surface area contributed by atoms with Crippen molar-refractivity contribution in [1.82, 2.24) is 9.62 Å². The summed E-state index contributed by atoms with van der Waals surface area (Å²) in [5, 5.41) is 0. The van der Waals surface area contributed by atoms with E-state index in [0.717, 1.165) is 25.5 Å². The summed E-state index contributed by atoms with van der Waals surface area (Å²) in [6.45, 7) is 6.95. The van der Waals surface area contributed by atoms with E-state index in [-0.39, 0.29) is 17.4 Å². The summed E-state index contributed by atoms with van der Waals surface area (Å²) in [5.41, 5.74) is 5.81. The number of carbonyl (C=O) groups is 1. The lowest BCUT2D eigenvalue weighted by atomic mass is 9.85. The fourth-order valence-electron chi connectivity index (χ4n) is 2.55. The fraction of sp³-hybridized carbons (Fsp3) is 0.929. The zero-order valence-electron chi connectivity index (χ0n) is 13.6. The number of piperidine rings is 1. The molecule has 0 aliphatic carbocycles. The molecule has 0 saturated carbocycles. The summed E-state index contributed by atoms with van der Waals surface area (Å²) in [5.74, 6) is -0.0217. The molecule has 1 heterocycles. The number of nitrogens with two attached hydrogens (primary N) is 1. The van der Waals surface area contributed by atoms with Gasteiger partial charge in [0, 0.05) is 19.1 Å². The minimum atomic E-state index is -3.18. The molecule has 21 heavy (non-hydrogen) atoms. The lowest BCUT2D eigenvalue weighted by molar-refractivity contribution is -0.138. The number of nitrogens with one attached hydrogen (secondary N) is 1. The van der Waals surface area contributed by atoms with Gasteiger partial charge in [-0.3, -0.25) is 4.79 Å². The number of rotatable bonds is 5. The van der Waals surface area contributed by atoms with Gasteiger partial charge in [0.2, 0.25) is 15.9 Å². The van der Waals surface area contributed by atoms with E-state index in [1.54, 1.807) is 0 Å². The zero-order valence-corrected chi connectivity index (χ0v) is 14.4. The first kappa shape index (κ1) is 18.4. The van der Waals surface area contributed by atoms with Crippen LogP contribution in [-0.2, 0) is 14.8 Å². The van der Waals surface area contributed by atoms with Gasteiger partial charge in [-0.05, 0) is 31.1 Å². The molecule has 2 atom stereocenters. The lowest BCUT2D eigenvalue weighted by Gasteiger charge is -2.39. The van der Waals surface area contributed by atoms with Crippen LogP contribution >= 0.6 is 0 Å². The molecule has 0 aromatic heterocycles. The van der Waals surface area contributed by atoms with Gasteiger partial charge < -0.3 is 10.6 Å². The van der Waals surface area contributed by atoms with E-state index in [0.29, 0.717) is 19.5 Å². The second-order valence-corrected chi connectivity index (χ2v) is 8.81. The van der Waals surface area contributed by atoms with E-state index in [4.69, 9.17) is 5.73 Å². The molecule has 1 rings (SSSR count). The summed E-state index contributed by atoms with van der Waals surface area (Å²) in [4.78, 5) is 14.4. The molecular formula is C14H29N3O3S. The average Bonchev–Trinajstić information content (AvgIpc) is 2.35. The number of nitrogens with zero attached hydrogens (tertiary/aromatic N) is 1. The van der Waals surface area contributed by atoms with E-state index in [9.17, 15) is 13.2 Å². The minimum absolute atomic E-state index is 0.0217. The quantitative estimate of drug-likeness (QED) is 0.779. The summed E-state index contributed by atoms with van der Waals surface area (Å²) in [6.07, 6.45) is 4.74. The highest BCUT2D eigenvalue weighted by Gasteiger charge is 2.35. The largest absolute Gasteiger partial charge is 0.338 e. The van der Waals surface area contributed by atoms with Crippen LogP contribution in [0.5, 0.6) is 0 Å². The van der Waals surface area contributed by atoms with Gasteiger partial charge in [0.25, 0.3) is 0 Å². The van der Waals surface area contributed by atoms with Crippen LogP contribution in [0.2, 0.25) is 0 Å². The predicted octanol–water partition coefficient (Wildman–Crippen LogP) is 0.680. The summed E-state index contributed by atoms with van der Waals surface area (Å²) >= 11 is 0. The van der Waals surface area contributed by atoms with Gasteiger partial charge in [0.15, 0.2) is 0 Å². The Morgan fingerprint density at radius 2 is 2.00 bits per heavy atom. The Balaban J connectivity index is 2.67. The Morgan fingerprint density at radius 3 is 2.52 bits per heavy atom. The molecule has 1 saturated heterocycles. The van der Waals surface area contributed by atoms with Gasteiger partial charge in [-0.1, -0.05) is 20.8 Å². The smallest absolute Gasteiger partial charge is 0.240 e. The fourth-order valence-corrected chi connectivity index (χ4v) is 3.04. The molecule has 7 heteroatoms. The third kappa shape index (κ3) is 5.92. The molecule has 1 aliphatic heterocycles. The predicted molar refractivity (Wildman–Crippen MR) is 84.2 cm³/mol. The lowest BCUT2D eigenvalue weighted by Crippen LogP contribution is -2.55. The highest BCUT2D eigenvalue weighted by molar-refractivity contribution is 7.88. The number of likely N-dealkylation sites (tertiary alicyclic amines) is 1. The van der Waals surface area contributed by atoms with E-state index < -0.39 is 16.1 Å². The summed E-state index contributed by atoms with van der Waals surface area (Å²) in [7, 11) is -3.18. The van der Waals surface area contributed by atoms with Crippen molar-refractivity contribution in [3.8, 4) is 0 Å². The van der Waals surface area contributed by atoms with Crippen molar-refractivity contribution < 1.29 is 13.2 Å². The summed E-state index contributed by atoms with van der Waals surface area (Å²) < 4.78 is 24.7. The van der Waals surface area contributed by atoms with E-state index >= 15 is 0 Å². The van der Waals surface area contributed by atoms with Crippen molar-refractivity contribution in [3.05, 3.63) is 0 Å². The first-order chi connectivity index (χ1) is 9.52. The standard InChI is InChI=1S/C14H29N3O3S/c1-14(2,3)12(15)13(18)17-10-6-5-7-11(17)8-9-16-21(4,19)20/h11-12,16H,5-10,15H2,1-4H3/t11?,12-/m0/s1. The van der Waals surface area contributed by atoms with Crippen LogP contribution in [0.15, 0.2) is 0 Å². The maximum atomic E-state index is 12.6. The molecule has 1 unspecified atom stereocenters. The Kier molecular flexibility index (Phi) is 6.19.